The van der Waals surface area contributed by atoms with Gasteiger partial charge in [0, 0.05) is 21.5 Å². The number of halogens is 1. The lowest BCUT2D eigenvalue weighted by Gasteiger charge is -2.21. The SMILES string of the molecule is O=C(c1cc2c(F)cccc2s1)N1CCCSc2ccccc21. The first-order valence-electron chi connectivity index (χ1n) is 7.46. The summed E-state index contributed by atoms with van der Waals surface area (Å²) in [7, 11) is 0. The van der Waals surface area contributed by atoms with Crippen molar-refractivity contribution >= 4 is 44.8 Å². The second kappa shape index (κ2) is 5.98. The molecular weight excluding hydrogens is 329 g/mol. The van der Waals surface area contributed by atoms with Crippen molar-refractivity contribution in [3.05, 3.63) is 59.2 Å². The minimum atomic E-state index is -0.273. The zero-order valence-electron chi connectivity index (χ0n) is 12.3. The number of fused-ring (bicyclic) bond motifs is 2. The van der Waals surface area contributed by atoms with Crippen LogP contribution in [0, 0.1) is 5.82 Å². The van der Waals surface area contributed by atoms with Crippen LogP contribution in [0.5, 0.6) is 0 Å². The number of carbonyl (C=O) groups is 1. The van der Waals surface area contributed by atoms with Gasteiger partial charge in [0.25, 0.3) is 5.91 Å². The third-order valence-electron chi connectivity index (χ3n) is 3.90. The molecule has 0 saturated heterocycles. The summed E-state index contributed by atoms with van der Waals surface area (Å²) in [4.78, 5) is 16.6. The van der Waals surface area contributed by atoms with E-state index in [1.807, 2.05) is 29.2 Å². The summed E-state index contributed by atoms with van der Waals surface area (Å²) in [5.41, 5.74) is 0.956. The van der Waals surface area contributed by atoms with Gasteiger partial charge in [0.15, 0.2) is 0 Å². The predicted octanol–water partition coefficient (Wildman–Crippen LogP) is 5.18. The highest BCUT2D eigenvalue weighted by atomic mass is 32.2. The molecule has 1 aromatic heterocycles. The lowest BCUT2D eigenvalue weighted by atomic mass is 10.2. The van der Waals surface area contributed by atoms with Gasteiger partial charge in [0.05, 0.1) is 10.6 Å². The van der Waals surface area contributed by atoms with Gasteiger partial charge in [-0.2, -0.15) is 0 Å². The Labute approximate surface area is 141 Å². The van der Waals surface area contributed by atoms with Crippen LogP contribution < -0.4 is 4.90 Å². The number of amides is 1. The number of nitrogens with zero attached hydrogens (tertiary/aromatic N) is 1. The zero-order chi connectivity index (χ0) is 15.8. The van der Waals surface area contributed by atoms with Gasteiger partial charge in [-0.3, -0.25) is 4.79 Å². The molecule has 0 radical (unpaired) electrons. The number of rotatable bonds is 1. The van der Waals surface area contributed by atoms with Gasteiger partial charge < -0.3 is 4.90 Å². The van der Waals surface area contributed by atoms with E-state index in [1.165, 1.54) is 17.4 Å². The Morgan fingerprint density at radius 2 is 2.00 bits per heavy atom. The molecule has 1 aliphatic heterocycles. The largest absolute Gasteiger partial charge is 0.307 e. The van der Waals surface area contributed by atoms with Crippen LogP contribution in [0.2, 0.25) is 0 Å². The maximum absolute atomic E-state index is 13.9. The molecule has 0 fully saturated rings. The minimum Gasteiger partial charge on any atom is -0.307 e. The summed E-state index contributed by atoms with van der Waals surface area (Å²) >= 11 is 3.14. The highest BCUT2D eigenvalue weighted by Gasteiger charge is 2.24. The summed E-state index contributed by atoms with van der Waals surface area (Å²) in [6, 6.07) is 14.6. The maximum atomic E-state index is 13.9. The summed E-state index contributed by atoms with van der Waals surface area (Å²) in [5.74, 6) is 0.687. The van der Waals surface area contributed by atoms with Gasteiger partial charge in [0.2, 0.25) is 0 Å². The van der Waals surface area contributed by atoms with Gasteiger partial charge in [0.1, 0.15) is 5.82 Å². The number of thiophene rings is 1. The molecule has 2 nitrogen and oxygen atoms in total. The van der Waals surface area contributed by atoms with Crippen LogP contribution in [0.4, 0.5) is 10.1 Å². The van der Waals surface area contributed by atoms with Gasteiger partial charge in [-0.25, -0.2) is 4.39 Å². The third kappa shape index (κ3) is 2.64. The van der Waals surface area contributed by atoms with E-state index in [4.69, 9.17) is 0 Å². The Hall–Kier alpha value is -1.85. The number of carbonyl (C=O) groups excluding carboxylic acids is 1. The average molecular weight is 343 g/mol. The van der Waals surface area contributed by atoms with Crippen molar-refractivity contribution in [1.29, 1.82) is 0 Å². The molecule has 23 heavy (non-hydrogen) atoms. The molecule has 0 atom stereocenters. The molecule has 5 heteroatoms. The molecule has 0 N–H and O–H groups in total. The van der Waals surface area contributed by atoms with Crippen molar-refractivity contribution in [1.82, 2.24) is 0 Å². The van der Waals surface area contributed by atoms with Crippen LogP contribution in [0.25, 0.3) is 10.1 Å². The fourth-order valence-electron chi connectivity index (χ4n) is 2.80. The van der Waals surface area contributed by atoms with Crippen LogP contribution in [0.15, 0.2) is 53.4 Å². The standard InChI is InChI=1S/C18H14FNOS2/c19-13-5-3-8-15-12(13)11-17(23-15)18(21)20-9-4-10-22-16-7-2-1-6-14(16)20/h1-3,5-8,11H,4,9-10H2. The number of benzene rings is 2. The summed E-state index contributed by atoms with van der Waals surface area (Å²) in [6.07, 6.45) is 0.949. The highest BCUT2D eigenvalue weighted by molar-refractivity contribution is 7.99. The van der Waals surface area contributed by atoms with Crippen LogP contribution in [-0.2, 0) is 0 Å². The van der Waals surface area contributed by atoms with Gasteiger partial charge >= 0.3 is 0 Å². The third-order valence-corrected chi connectivity index (χ3v) is 6.14. The van der Waals surface area contributed by atoms with E-state index in [1.54, 1.807) is 23.9 Å². The molecule has 1 aliphatic rings. The van der Waals surface area contributed by atoms with Gasteiger partial charge in [-0.1, -0.05) is 18.2 Å². The van der Waals surface area contributed by atoms with E-state index in [0.29, 0.717) is 16.8 Å². The van der Waals surface area contributed by atoms with Crippen LogP contribution in [0.1, 0.15) is 16.1 Å². The Bertz CT molecular complexity index is 890. The van der Waals surface area contributed by atoms with Gasteiger partial charge in [-0.05, 0) is 42.5 Å². The molecule has 2 heterocycles. The van der Waals surface area contributed by atoms with E-state index in [2.05, 4.69) is 6.07 Å². The van der Waals surface area contributed by atoms with E-state index in [9.17, 15) is 9.18 Å². The molecular formula is C18H14FNOS2. The topological polar surface area (TPSA) is 20.3 Å². The molecule has 2 aromatic carbocycles. The molecule has 0 aliphatic carbocycles. The summed E-state index contributed by atoms with van der Waals surface area (Å²) in [5, 5.41) is 0.526. The summed E-state index contributed by atoms with van der Waals surface area (Å²) in [6.45, 7) is 0.694. The van der Waals surface area contributed by atoms with Crippen molar-refractivity contribution in [2.45, 2.75) is 11.3 Å². The quantitative estimate of drug-likeness (QED) is 0.606. The molecule has 0 bridgehead atoms. The Morgan fingerprint density at radius 3 is 2.87 bits per heavy atom. The fourth-order valence-corrected chi connectivity index (χ4v) is 4.82. The molecule has 4 rings (SSSR count). The lowest BCUT2D eigenvalue weighted by Crippen LogP contribution is -2.31. The second-order valence-electron chi connectivity index (χ2n) is 5.39. The van der Waals surface area contributed by atoms with E-state index in [-0.39, 0.29) is 11.7 Å². The Morgan fingerprint density at radius 1 is 1.13 bits per heavy atom. The molecule has 3 aromatic rings. The maximum Gasteiger partial charge on any atom is 0.268 e. The smallest absolute Gasteiger partial charge is 0.268 e. The first-order chi connectivity index (χ1) is 11.2. The molecule has 0 unspecified atom stereocenters. The van der Waals surface area contributed by atoms with E-state index >= 15 is 0 Å². The van der Waals surface area contributed by atoms with Crippen LogP contribution in [0.3, 0.4) is 0 Å². The molecule has 1 amide bonds. The van der Waals surface area contributed by atoms with Crippen LogP contribution in [-0.4, -0.2) is 18.2 Å². The highest BCUT2D eigenvalue weighted by Crippen LogP contribution is 2.36. The molecule has 0 spiro atoms. The fraction of sp³-hybridized carbons (Fsp3) is 0.167. The van der Waals surface area contributed by atoms with Crippen molar-refractivity contribution in [2.75, 3.05) is 17.2 Å². The van der Waals surface area contributed by atoms with Crippen molar-refractivity contribution in [3.63, 3.8) is 0 Å². The normalized spacial score (nSPS) is 14.6. The molecule has 0 saturated carbocycles. The first kappa shape index (κ1) is 14.7. The number of thioether (sulfide) groups is 1. The predicted molar refractivity (Wildman–Crippen MR) is 95.2 cm³/mol. The number of hydrogen-bond acceptors (Lipinski definition) is 3. The number of para-hydroxylation sites is 1. The Balaban J connectivity index is 1.77. The van der Waals surface area contributed by atoms with E-state index < -0.39 is 0 Å². The number of anilines is 1. The summed E-state index contributed by atoms with van der Waals surface area (Å²) < 4.78 is 14.7. The first-order valence-corrected chi connectivity index (χ1v) is 9.26. The van der Waals surface area contributed by atoms with Gasteiger partial charge in [-0.15, -0.1) is 23.1 Å². The van der Waals surface area contributed by atoms with Crippen molar-refractivity contribution < 1.29 is 9.18 Å². The zero-order valence-corrected chi connectivity index (χ0v) is 13.9. The minimum absolute atomic E-state index is 0.0412. The monoisotopic (exact) mass is 343 g/mol. The van der Waals surface area contributed by atoms with Crippen molar-refractivity contribution in [2.24, 2.45) is 0 Å². The molecule has 116 valence electrons. The average Bonchev–Trinajstić information content (AvgIpc) is 2.89. The number of hydrogen-bond donors (Lipinski definition) is 0. The lowest BCUT2D eigenvalue weighted by molar-refractivity contribution is 0.0990. The van der Waals surface area contributed by atoms with Crippen LogP contribution >= 0.6 is 23.1 Å². The van der Waals surface area contributed by atoms with E-state index in [0.717, 1.165) is 27.5 Å². The Kier molecular flexibility index (Phi) is 3.83. The second-order valence-corrected chi connectivity index (χ2v) is 7.61. The van der Waals surface area contributed by atoms with Crippen molar-refractivity contribution in [3.8, 4) is 0 Å².